The second-order valence-corrected chi connectivity index (χ2v) is 6.13. The summed E-state index contributed by atoms with van der Waals surface area (Å²) in [5.74, 6) is -1.71. The first-order valence-corrected chi connectivity index (χ1v) is 8.46. The first-order valence-electron chi connectivity index (χ1n) is 8.46. The van der Waals surface area contributed by atoms with Gasteiger partial charge in [-0.25, -0.2) is 9.59 Å². The van der Waals surface area contributed by atoms with E-state index < -0.39 is 28.9 Å². The lowest BCUT2D eigenvalue weighted by atomic mass is 10.1. The first kappa shape index (κ1) is 20.1. The number of methoxy groups -OCH3 is 1. The SMILES string of the molecule is COc1ccc([N+](=O)[O-])cc1C(=O)O[C@@H](C)C(=O)NC(=O)NC1CCCC1. The Kier molecular flexibility index (Phi) is 6.69. The van der Waals surface area contributed by atoms with Crippen LogP contribution in [0, 0.1) is 10.1 Å². The average molecular weight is 379 g/mol. The van der Waals surface area contributed by atoms with Gasteiger partial charge >= 0.3 is 12.0 Å². The molecule has 10 heteroatoms. The van der Waals surface area contributed by atoms with Crippen molar-refractivity contribution in [1.29, 1.82) is 0 Å². The quantitative estimate of drug-likeness (QED) is 0.437. The molecule has 1 aromatic rings. The minimum absolute atomic E-state index is 0.0322. The number of imide groups is 1. The van der Waals surface area contributed by atoms with Crippen LogP contribution in [0.1, 0.15) is 43.0 Å². The molecular formula is C17H21N3O7. The highest BCUT2D eigenvalue weighted by molar-refractivity contribution is 5.99. The lowest BCUT2D eigenvalue weighted by Gasteiger charge is -2.16. The maximum Gasteiger partial charge on any atom is 0.342 e. The van der Waals surface area contributed by atoms with Crippen LogP contribution in [0.4, 0.5) is 10.5 Å². The van der Waals surface area contributed by atoms with E-state index in [1.54, 1.807) is 0 Å². The van der Waals surface area contributed by atoms with Crippen LogP contribution in [-0.4, -0.2) is 42.1 Å². The molecule has 0 aromatic heterocycles. The molecule has 3 amide bonds. The minimum atomic E-state index is -1.28. The molecule has 1 aliphatic carbocycles. The molecule has 0 unspecified atom stereocenters. The van der Waals surface area contributed by atoms with Gasteiger partial charge in [-0.15, -0.1) is 0 Å². The highest BCUT2D eigenvalue weighted by Crippen LogP contribution is 2.25. The van der Waals surface area contributed by atoms with Crippen LogP contribution in [0.2, 0.25) is 0 Å². The van der Waals surface area contributed by atoms with Crippen molar-refractivity contribution in [2.45, 2.75) is 44.8 Å². The van der Waals surface area contributed by atoms with Gasteiger partial charge in [-0.1, -0.05) is 12.8 Å². The lowest BCUT2D eigenvalue weighted by Crippen LogP contribution is -2.47. The van der Waals surface area contributed by atoms with E-state index >= 15 is 0 Å². The summed E-state index contributed by atoms with van der Waals surface area (Å²) in [6.45, 7) is 1.29. The third-order valence-electron chi connectivity index (χ3n) is 4.19. The number of carbonyl (C=O) groups excluding carboxylic acids is 3. The van der Waals surface area contributed by atoms with Crippen LogP contribution in [0.25, 0.3) is 0 Å². The van der Waals surface area contributed by atoms with Gasteiger partial charge in [-0.05, 0) is 25.8 Å². The van der Waals surface area contributed by atoms with Gasteiger partial charge in [0.25, 0.3) is 11.6 Å². The zero-order valence-corrected chi connectivity index (χ0v) is 15.0. The second kappa shape index (κ2) is 8.97. The number of nitrogens with one attached hydrogen (secondary N) is 2. The summed E-state index contributed by atoms with van der Waals surface area (Å²) in [7, 11) is 1.29. The summed E-state index contributed by atoms with van der Waals surface area (Å²) < 4.78 is 10.0. The number of esters is 1. The Morgan fingerprint density at radius 1 is 1.26 bits per heavy atom. The molecule has 0 bridgehead atoms. The van der Waals surface area contributed by atoms with E-state index in [0.29, 0.717) is 0 Å². The summed E-state index contributed by atoms with van der Waals surface area (Å²) >= 11 is 0. The molecule has 2 rings (SSSR count). The summed E-state index contributed by atoms with van der Waals surface area (Å²) in [4.78, 5) is 46.3. The molecule has 2 N–H and O–H groups in total. The molecular weight excluding hydrogens is 358 g/mol. The van der Waals surface area contributed by atoms with Crippen LogP contribution in [0.3, 0.4) is 0 Å². The molecule has 0 saturated heterocycles. The fraction of sp³-hybridized carbons (Fsp3) is 0.471. The second-order valence-electron chi connectivity index (χ2n) is 6.13. The van der Waals surface area contributed by atoms with Crippen molar-refractivity contribution in [1.82, 2.24) is 10.6 Å². The highest BCUT2D eigenvalue weighted by atomic mass is 16.6. The number of nitrogens with zero attached hydrogens (tertiary/aromatic N) is 1. The van der Waals surface area contributed by atoms with Gasteiger partial charge in [0.05, 0.1) is 12.0 Å². The predicted octanol–water partition coefficient (Wildman–Crippen LogP) is 1.92. The van der Waals surface area contributed by atoms with Gasteiger partial charge < -0.3 is 14.8 Å². The third kappa shape index (κ3) is 5.40. The van der Waals surface area contributed by atoms with Crippen molar-refractivity contribution < 1.29 is 28.8 Å². The largest absolute Gasteiger partial charge is 0.496 e. The van der Waals surface area contributed by atoms with Crippen molar-refractivity contribution in [3.05, 3.63) is 33.9 Å². The van der Waals surface area contributed by atoms with Gasteiger partial charge in [0.1, 0.15) is 11.3 Å². The van der Waals surface area contributed by atoms with Crippen LogP contribution < -0.4 is 15.4 Å². The molecule has 0 radical (unpaired) electrons. The van der Waals surface area contributed by atoms with E-state index in [4.69, 9.17) is 9.47 Å². The van der Waals surface area contributed by atoms with Crippen LogP contribution in [0.15, 0.2) is 18.2 Å². The van der Waals surface area contributed by atoms with Crippen LogP contribution in [-0.2, 0) is 9.53 Å². The number of hydrogen-bond acceptors (Lipinski definition) is 7. The van der Waals surface area contributed by atoms with Crippen molar-refractivity contribution in [3.8, 4) is 5.75 Å². The van der Waals surface area contributed by atoms with Crippen molar-refractivity contribution in [2.24, 2.45) is 0 Å². The third-order valence-corrected chi connectivity index (χ3v) is 4.19. The number of nitro groups is 1. The monoisotopic (exact) mass is 379 g/mol. The van der Waals surface area contributed by atoms with E-state index in [0.717, 1.165) is 31.7 Å². The zero-order valence-electron chi connectivity index (χ0n) is 15.0. The molecule has 1 fully saturated rings. The van der Waals surface area contributed by atoms with E-state index in [-0.39, 0.29) is 23.0 Å². The Bertz CT molecular complexity index is 744. The van der Waals surface area contributed by atoms with E-state index in [2.05, 4.69) is 10.6 Å². The number of nitro benzene ring substituents is 1. The summed E-state index contributed by atoms with van der Waals surface area (Å²) in [5, 5.41) is 15.7. The Hall–Kier alpha value is -3.17. The number of amides is 3. The summed E-state index contributed by atoms with van der Waals surface area (Å²) in [6.07, 6.45) is 2.49. The van der Waals surface area contributed by atoms with Gasteiger partial charge in [-0.2, -0.15) is 0 Å². The van der Waals surface area contributed by atoms with Gasteiger partial charge in [0.2, 0.25) is 0 Å². The number of non-ortho nitro benzene ring substituents is 1. The van der Waals surface area contributed by atoms with Crippen LogP contribution >= 0.6 is 0 Å². The topological polar surface area (TPSA) is 137 Å². The maximum absolute atomic E-state index is 12.3. The molecule has 146 valence electrons. The van der Waals surface area contributed by atoms with E-state index in [1.165, 1.54) is 26.2 Å². The Morgan fingerprint density at radius 3 is 2.52 bits per heavy atom. The predicted molar refractivity (Wildman–Crippen MR) is 93.5 cm³/mol. The standard InChI is InChI=1S/C17H21N3O7/c1-10(15(21)19-17(23)18-11-5-3-4-6-11)27-16(22)13-9-12(20(24)25)7-8-14(13)26-2/h7-11H,3-6H2,1-2H3,(H2,18,19,21,23)/t10-/m0/s1. The molecule has 0 spiro atoms. The molecule has 1 aliphatic rings. The first-order chi connectivity index (χ1) is 12.8. The highest BCUT2D eigenvalue weighted by Gasteiger charge is 2.25. The Labute approximate surface area is 155 Å². The van der Waals surface area contributed by atoms with E-state index in [1.807, 2.05) is 0 Å². The van der Waals surface area contributed by atoms with E-state index in [9.17, 15) is 24.5 Å². The zero-order chi connectivity index (χ0) is 20.0. The van der Waals surface area contributed by atoms with Crippen molar-refractivity contribution in [3.63, 3.8) is 0 Å². The summed E-state index contributed by atoms with van der Waals surface area (Å²) in [5.41, 5.74) is -0.516. The number of ether oxygens (including phenoxy) is 2. The molecule has 1 saturated carbocycles. The smallest absolute Gasteiger partial charge is 0.342 e. The van der Waals surface area contributed by atoms with Gasteiger partial charge in [0, 0.05) is 18.2 Å². The van der Waals surface area contributed by atoms with Gasteiger partial charge in [0.15, 0.2) is 6.10 Å². The average Bonchev–Trinajstić information content (AvgIpc) is 3.13. The fourth-order valence-electron chi connectivity index (χ4n) is 2.75. The fourth-order valence-corrected chi connectivity index (χ4v) is 2.75. The number of carbonyl (C=O) groups is 3. The Morgan fingerprint density at radius 2 is 1.93 bits per heavy atom. The minimum Gasteiger partial charge on any atom is -0.496 e. The maximum atomic E-state index is 12.3. The number of urea groups is 1. The molecule has 1 atom stereocenters. The lowest BCUT2D eigenvalue weighted by molar-refractivity contribution is -0.384. The molecule has 1 aromatic carbocycles. The van der Waals surface area contributed by atoms with Crippen molar-refractivity contribution in [2.75, 3.05) is 7.11 Å². The number of benzene rings is 1. The van der Waals surface area contributed by atoms with Crippen LogP contribution in [0.5, 0.6) is 5.75 Å². The van der Waals surface area contributed by atoms with Crippen molar-refractivity contribution >= 4 is 23.6 Å². The molecule has 27 heavy (non-hydrogen) atoms. The molecule has 10 nitrogen and oxygen atoms in total. The number of rotatable bonds is 6. The number of hydrogen-bond donors (Lipinski definition) is 2. The molecule has 0 heterocycles. The van der Waals surface area contributed by atoms with Gasteiger partial charge in [-0.3, -0.25) is 20.2 Å². The summed E-state index contributed by atoms with van der Waals surface area (Å²) in [6, 6.07) is 2.82. The normalized spacial score (nSPS) is 14.9. The molecule has 0 aliphatic heterocycles. The Balaban J connectivity index is 1.97.